The number of nitrogens with zero attached hydrogens (tertiary/aromatic N) is 1. The van der Waals surface area contributed by atoms with Gasteiger partial charge in [0.2, 0.25) is 0 Å². The van der Waals surface area contributed by atoms with Crippen LogP contribution in [0.15, 0.2) is 24.3 Å². The first kappa shape index (κ1) is 14.0. The fraction of sp³-hybridized carbons (Fsp3) is 0.600. The summed E-state index contributed by atoms with van der Waals surface area (Å²) < 4.78 is 0. The number of rotatable bonds is 7. The van der Waals surface area contributed by atoms with Gasteiger partial charge in [0.1, 0.15) is 0 Å². The zero-order valence-corrected chi connectivity index (χ0v) is 11.4. The molecule has 1 aromatic carbocycles. The van der Waals surface area contributed by atoms with Gasteiger partial charge in [-0.2, -0.15) is 0 Å². The van der Waals surface area contributed by atoms with Crippen LogP contribution in [0.4, 0.5) is 5.69 Å². The number of benzene rings is 1. The molecule has 0 saturated heterocycles. The maximum absolute atomic E-state index is 6.00. The van der Waals surface area contributed by atoms with E-state index in [0.29, 0.717) is 6.04 Å². The highest BCUT2D eigenvalue weighted by molar-refractivity contribution is 5.46. The molecule has 1 rings (SSSR count). The minimum atomic E-state index is 0.569. The van der Waals surface area contributed by atoms with Crippen molar-refractivity contribution >= 4 is 5.69 Å². The van der Waals surface area contributed by atoms with E-state index < -0.39 is 0 Å². The third-order valence-electron chi connectivity index (χ3n) is 3.22. The molecule has 17 heavy (non-hydrogen) atoms. The van der Waals surface area contributed by atoms with Crippen LogP contribution in [0.1, 0.15) is 39.2 Å². The minimum absolute atomic E-state index is 0.569. The summed E-state index contributed by atoms with van der Waals surface area (Å²) >= 11 is 0. The van der Waals surface area contributed by atoms with Crippen molar-refractivity contribution in [1.29, 1.82) is 0 Å². The number of nitrogens with two attached hydrogens (primary N) is 1. The average Bonchev–Trinajstić information content (AvgIpc) is 2.32. The molecule has 0 aromatic heterocycles. The van der Waals surface area contributed by atoms with Crippen molar-refractivity contribution in [3.8, 4) is 0 Å². The van der Waals surface area contributed by atoms with E-state index in [-0.39, 0.29) is 0 Å². The third-order valence-corrected chi connectivity index (χ3v) is 3.22. The van der Waals surface area contributed by atoms with Crippen molar-refractivity contribution in [3.63, 3.8) is 0 Å². The second kappa shape index (κ2) is 7.33. The lowest BCUT2D eigenvalue weighted by Gasteiger charge is -2.28. The SMILES string of the molecule is CCCN(CCC)C(C)Cc1ccccc1N. The van der Waals surface area contributed by atoms with E-state index in [1.165, 1.54) is 31.5 Å². The molecular formula is C15H26N2. The number of hydrogen-bond acceptors (Lipinski definition) is 2. The van der Waals surface area contributed by atoms with Gasteiger partial charge in [0.15, 0.2) is 0 Å². The Morgan fingerprint density at radius 2 is 1.71 bits per heavy atom. The molecule has 0 bridgehead atoms. The maximum Gasteiger partial charge on any atom is 0.0347 e. The summed E-state index contributed by atoms with van der Waals surface area (Å²) in [6, 6.07) is 8.77. The van der Waals surface area contributed by atoms with Crippen molar-refractivity contribution < 1.29 is 0 Å². The molecule has 2 heteroatoms. The number of anilines is 1. The van der Waals surface area contributed by atoms with Gasteiger partial charge in [-0.15, -0.1) is 0 Å². The predicted molar refractivity (Wildman–Crippen MR) is 76.2 cm³/mol. The highest BCUT2D eigenvalue weighted by Crippen LogP contribution is 2.15. The first-order valence-electron chi connectivity index (χ1n) is 6.76. The Morgan fingerprint density at radius 3 is 2.24 bits per heavy atom. The smallest absolute Gasteiger partial charge is 0.0347 e. The summed E-state index contributed by atoms with van der Waals surface area (Å²) in [7, 11) is 0. The van der Waals surface area contributed by atoms with Crippen LogP contribution >= 0.6 is 0 Å². The quantitative estimate of drug-likeness (QED) is 0.733. The molecule has 0 radical (unpaired) electrons. The average molecular weight is 234 g/mol. The molecule has 2 N–H and O–H groups in total. The molecular weight excluding hydrogens is 208 g/mol. The topological polar surface area (TPSA) is 29.3 Å². The van der Waals surface area contributed by atoms with Gasteiger partial charge in [-0.05, 0) is 50.9 Å². The Bertz CT molecular complexity index is 316. The van der Waals surface area contributed by atoms with E-state index in [4.69, 9.17) is 5.73 Å². The van der Waals surface area contributed by atoms with Crippen LogP contribution in [0.5, 0.6) is 0 Å². The zero-order valence-electron chi connectivity index (χ0n) is 11.4. The second-order valence-electron chi connectivity index (χ2n) is 4.79. The summed E-state index contributed by atoms with van der Waals surface area (Å²) in [6.45, 7) is 9.15. The lowest BCUT2D eigenvalue weighted by atomic mass is 10.0. The lowest BCUT2D eigenvalue weighted by Crippen LogP contribution is -2.36. The van der Waals surface area contributed by atoms with Gasteiger partial charge in [-0.1, -0.05) is 32.0 Å². The standard InChI is InChI=1S/C15H26N2/c1-4-10-17(11-5-2)13(3)12-14-8-6-7-9-15(14)16/h6-9,13H,4-5,10-12,16H2,1-3H3. The third kappa shape index (κ3) is 4.39. The van der Waals surface area contributed by atoms with Crippen LogP contribution in [0.2, 0.25) is 0 Å². The second-order valence-corrected chi connectivity index (χ2v) is 4.79. The summed E-state index contributed by atoms with van der Waals surface area (Å²) in [6.07, 6.45) is 3.48. The molecule has 0 amide bonds. The molecule has 1 unspecified atom stereocenters. The fourth-order valence-corrected chi connectivity index (χ4v) is 2.29. The van der Waals surface area contributed by atoms with Gasteiger partial charge in [0.25, 0.3) is 0 Å². The van der Waals surface area contributed by atoms with E-state index in [1.807, 2.05) is 12.1 Å². The van der Waals surface area contributed by atoms with E-state index >= 15 is 0 Å². The van der Waals surface area contributed by atoms with Crippen molar-refractivity contribution in [3.05, 3.63) is 29.8 Å². The number of nitrogen functional groups attached to an aromatic ring is 1. The van der Waals surface area contributed by atoms with Crippen LogP contribution in [0.25, 0.3) is 0 Å². The summed E-state index contributed by atoms with van der Waals surface area (Å²) in [5.74, 6) is 0. The Balaban J connectivity index is 2.62. The molecule has 0 aliphatic heterocycles. The first-order valence-corrected chi connectivity index (χ1v) is 6.76. The molecule has 0 aliphatic rings. The van der Waals surface area contributed by atoms with Gasteiger partial charge >= 0.3 is 0 Å². The highest BCUT2D eigenvalue weighted by Gasteiger charge is 2.13. The largest absolute Gasteiger partial charge is 0.399 e. The van der Waals surface area contributed by atoms with Gasteiger partial charge in [-0.25, -0.2) is 0 Å². The maximum atomic E-state index is 6.00. The Morgan fingerprint density at radius 1 is 1.12 bits per heavy atom. The monoisotopic (exact) mass is 234 g/mol. The highest BCUT2D eigenvalue weighted by atomic mass is 15.1. The summed E-state index contributed by atoms with van der Waals surface area (Å²) in [5.41, 5.74) is 8.20. The number of para-hydroxylation sites is 1. The molecule has 0 fully saturated rings. The Kier molecular flexibility index (Phi) is 6.06. The molecule has 0 spiro atoms. The zero-order chi connectivity index (χ0) is 12.7. The lowest BCUT2D eigenvalue weighted by molar-refractivity contribution is 0.208. The molecule has 1 aromatic rings. The van der Waals surface area contributed by atoms with Crippen LogP contribution < -0.4 is 5.73 Å². The molecule has 0 heterocycles. The fourth-order valence-electron chi connectivity index (χ4n) is 2.29. The van der Waals surface area contributed by atoms with Gasteiger partial charge < -0.3 is 10.6 Å². The van der Waals surface area contributed by atoms with Crippen LogP contribution in [-0.4, -0.2) is 24.0 Å². The van der Waals surface area contributed by atoms with Crippen molar-refractivity contribution in [2.24, 2.45) is 0 Å². The Hall–Kier alpha value is -1.02. The van der Waals surface area contributed by atoms with Crippen molar-refractivity contribution in [1.82, 2.24) is 4.90 Å². The summed E-state index contributed by atoms with van der Waals surface area (Å²) in [5, 5.41) is 0. The molecule has 2 nitrogen and oxygen atoms in total. The molecule has 0 saturated carbocycles. The minimum Gasteiger partial charge on any atom is -0.399 e. The van der Waals surface area contributed by atoms with Gasteiger partial charge in [-0.3, -0.25) is 0 Å². The Labute approximate surface area is 106 Å². The molecule has 1 atom stereocenters. The molecule has 96 valence electrons. The van der Waals surface area contributed by atoms with Gasteiger partial charge in [0.05, 0.1) is 0 Å². The van der Waals surface area contributed by atoms with Crippen molar-refractivity contribution in [2.45, 2.75) is 46.1 Å². The predicted octanol–water partition coefficient (Wildman–Crippen LogP) is 3.32. The number of hydrogen-bond donors (Lipinski definition) is 1. The van der Waals surface area contributed by atoms with Crippen molar-refractivity contribution in [2.75, 3.05) is 18.8 Å². The van der Waals surface area contributed by atoms with Crippen LogP contribution in [-0.2, 0) is 6.42 Å². The van der Waals surface area contributed by atoms with E-state index in [2.05, 4.69) is 37.8 Å². The van der Waals surface area contributed by atoms with E-state index in [0.717, 1.165) is 12.1 Å². The van der Waals surface area contributed by atoms with Gasteiger partial charge in [0, 0.05) is 11.7 Å². The van der Waals surface area contributed by atoms with Crippen LogP contribution in [0, 0.1) is 0 Å². The van der Waals surface area contributed by atoms with Crippen LogP contribution in [0.3, 0.4) is 0 Å². The normalized spacial score (nSPS) is 12.9. The van der Waals surface area contributed by atoms with E-state index in [1.54, 1.807) is 0 Å². The summed E-state index contributed by atoms with van der Waals surface area (Å²) in [4.78, 5) is 2.56. The van der Waals surface area contributed by atoms with E-state index in [9.17, 15) is 0 Å². The first-order chi connectivity index (χ1) is 8.19. The molecule has 0 aliphatic carbocycles.